The molecule has 0 heterocycles. The molecule has 0 spiro atoms. The molecule has 0 aliphatic rings. The molecular formula is C18H20BrNO2. The van der Waals surface area contributed by atoms with Crippen LogP contribution in [0.15, 0.2) is 53.0 Å². The summed E-state index contributed by atoms with van der Waals surface area (Å²) in [5.74, 6) is 0.502. The molecular weight excluding hydrogens is 342 g/mol. The lowest BCUT2D eigenvalue weighted by molar-refractivity contribution is -0.118. The fraction of sp³-hybridized carbons (Fsp3) is 0.278. The lowest BCUT2D eigenvalue weighted by atomic mass is 9.86. The summed E-state index contributed by atoms with van der Waals surface area (Å²) in [4.78, 5) is 12.1. The quantitative estimate of drug-likeness (QED) is 0.851. The first-order valence-corrected chi connectivity index (χ1v) is 7.93. The Morgan fingerprint density at radius 3 is 2.36 bits per heavy atom. The number of halogens is 1. The maximum atomic E-state index is 12.1. The Kier molecular flexibility index (Phi) is 5.24. The molecule has 4 heteroatoms. The predicted molar refractivity (Wildman–Crippen MR) is 93.4 cm³/mol. The van der Waals surface area contributed by atoms with Crippen molar-refractivity contribution >= 4 is 27.5 Å². The van der Waals surface area contributed by atoms with E-state index in [1.807, 2.05) is 48.5 Å². The van der Waals surface area contributed by atoms with Crippen molar-refractivity contribution < 1.29 is 9.53 Å². The SMILES string of the molecule is CC(C)(C)c1ccccc1NC(=O)COc1ccc(Br)cc1. The molecule has 0 aliphatic heterocycles. The third kappa shape index (κ3) is 4.60. The van der Waals surface area contributed by atoms with E-state index >= 15 is 0 Å². The fourth-order valence-corrected chi connectivity index (χ4v) is 2.38. The van der Waals surface area contributed by atoms with Gasteiger partial charge in [-0.15, -0.1) is 0 Å². The molecule has 116 valence electrons. The minimum atomic E-state index is -0.167. The summed E-state index contributed by atoms with van der Waals surface area (Å²) in [5, 5.41) is 2.93. The highest BCUT2D eigenvalue weighted by molar-refractivity contribution is 9.10. The monoisotopic (exact) mass is 361 g/mol. The van der Waals surface area contributed by atoms with Crippen LogP contribution in [0.25, 0.3) is 0 Å². The number of rotatable bonds is 4. The molecule has 22 heavy (non-hydrogen) atoms. The maximum absolute atomic E-state index is 12.1. The average Bonchev–Trinajstić information content (AvgIpc) is 2.46. The summed E-state index contributed by atoms with van der Waals surface area (Å²) in [6.45, 7) is 6.35. The highest BCUT2D eigenvalue weighted by atomic mass is 79.9. The second-order valence-electron chi connectivity index (χ2n) is 6.09. The number of para-hydroxylation sites is 1. The van der Waals surface area contributed by atoms with Crippen LogP contribution < -0.4 is 10.1 Å². The van der Waals surface area contributed by atoms with E-state index in [9.17, 15) is 4.79 Å². The van der Waals surface area contributed by atoms with Crippen LogP contribution in [-0.2, 0) is 10.2 Å². The second-order valence-corrected chi connectivity index (χ2v) is 7.00. The van der Waals surface area contributed by atoms with Crippen molar-refractivity contribution in [3.05, 3.63) is 58.6 Å². The van der Waals surface area contributed by atoms with Crippen LogP contribution in [0.3, 0.4) is 0 Å². The number of nitrogens with one attached hydrogen (secondary N) is 1. The van der Waals surface area contributed by atoms with Gasteiger partial charge in [0.15, 0.2) is 6.61 Å². The Labute approximate surface area is 139 Å². The minimum absolute atomic E-state index is 0.0138. The van der Waals surface area contributed by atoms with Crippen molar-refractivity contribution in [2.45, 2.75) is 26.2 Å². The van der Waals surface area contributed by atoms with Crippen molar-refractivity contribution in [2.75, 3.05) is 11.9 Å². The summed E-state index contributed by atoms with van der Waals surface area (Å²) in [6, 6.07) is 15.2. The Hall–Kier alpha value is -1.81. The Morgan fingerprint density at radius 2 is 1.73 bits per heavy atom. The van der Waals surface area contributed by atoms with E-state index in [0.29, 0.717) is 5.75 Å². The Morgan fingerprint density at radius 1 is 1.09 bits per heavy atom. The van der Waals surface area contributed by atoms with Gasteiger partial charge in [-0.1, -0.05) is 54.9 Å². The zero-order valence-corrected chi connectivity index (χ0v) is 14.6. The highest BCUT2D eigenvalue weighted by Crippen LogP contribution is 2.29. The van der Waals surface area contributed by atoms with Crippen LogP contribution in [-0.4, -0.2) is 12.5 Å². The van der Waals surface area contributed by atoms with Gasteiger partial charge in [-0.25, -0.2) is 0 Å². The first-order valence-electron chi connectivity index (χ1n) is 7.14. The van der Waals surface area contributed by atoms with Crippen molar-refractivity contribution in [3.63, 3.8) is 0 Å². The molecule has 0 aromatic heterocycles. The van der Waals surface area contributed by atoms with Crippen LogP contribution in [0.4, 0.5) is 5.69 Å². The van der Waals surface area contributed by atoms with Crippen LogP contribution in [0, 0.1) is 0 Å². The van der Waals surface area contributed by atoms with Gasteiger partial charge in [-0.05, 0) is 41.3 Å². The predicted octanol–water partition coefficient (Wildman–Crippen LogP) is 4.76. The molecule has 2 aromatic carbocycles. The Balaban J connectivity index is 1.99. The zero-order valence-electron chi connectivity index (χ0n) is 13.0. The number of carbonyl (C=O) groups excluding carboxylic acids is 1. The zero-order chi connectivity index (χ0) is 16.2. The largest absolute Gasteiger partial charge is 0.484 e. The number of anilines is 1. The smallest absolute Gasteiger partial charge is 0.262 e. The Bertz CT molecular complexity index is 645. The highest BCUT2D eigenvalue weighted by Gasteiger charge is 2.18. The van der Waals surface area contributed by atoms with Crippen LogP contribution in [0.2, 0.25) is 0 Å². The molecule has 0 fully saturated rings. The summed E-state index contributed by atoms with van der Waals surface area (Å²) < 4.78 is 6.46. The molecule has 2 rings (SSSR count). The molecule has 1 N–H and O–H groups in total. The molecule has 0 atom stereocenters. The topological polar surface area (TPSA) is 38.3 Å². The molecule has 0 saturated heterocycles. The van der Waals surface area contributed by atoms with Gasteiger partial charge in [0, 0.05) is 10.2 Å². The second kappa shape index (κ2) is 6.97. The number of benzene rings is 2. The van der Waals surface area contributed by atoms with Gasteiger partial charge in [0.25, 0.3) is 5.91 Å². The third-order valence-corrected chi connectivity index (χ3v) is 3.72. The van der Waals surface area contributed by atoms with Crippen molar-refractivity contribution in [2.24, 2.45) is 0 Å². The minimum Gasteiger partial charge on any atom is -0.484 e. The van der Waals surface area contributed by atoms with E-state index in [1.54, 1.807) is 0 Å². The van der Waals surface area contributed by atoms with Crippen LogP contribution in [0.5, 0.6) is 5.75 Å². The van der Waals surface area contributed by atoms with Crippen molar-refractivity contribution in [1.82, 2.24) is 0 Å². The molecule has 0 radical (unpaired) electrons. The number of hydrogen-bond acceptors (Lipinski definition) is 2. The van der Waals surface area contributed by atoms with Gasteiger partial charge in [0.2, 0.25) is 0 Å². The van der Waals surface area contributed by atoms with Gasteiger partial charge in [-0.3, -0.25) is 4.79 Å². The summed E-state index contributed by atoms with van der Waals surface area (Å²) in [7, 11) is 0. The molecule has 0 bridgehead atoms. The lowest BCUT2D eigenvalue weighted by Crippen LogP contribution is -2.23. The number of carbonyl (C=O) groups is 1. The molecule has 1 amide bonds. The van der Waals surface area contributed by atoms with Crippen LogP contribution >= 0.6 is 15.9 Å². The van der Waals surface area contributed by atoms with E-state index in [4.69, 9.17) is 4.74 Å². The standard InChI is InChI=1S/C18H20BrNO2/c1-18(2,3)15-6-4-5-7-16(15)20-17(21)12-22-14-10-8-13(19)9-11-14/h4-11H,12H2,1-3H3,(H,20,21). The first-order chi connectivity index (χ1) is 10.4. The lowest BCUT2D eigenvalue weighted by Gasteiger charge is -2.23. The van der Waals surface area contributed by atoms with E-state index < -0.39 is 0 Å². The maximum Gasteiger partial charge on any atom is 0.262 e. The number of ether oxygens (including phenoxy) is 1. The summed E-state index contributed by atoms with van der Waals surface area (Å²) in [5.41, 5.74) is 1.91. The summed E-state index contributed by atoms with van der Waals surface area (Å²) in [6.07, 6.45) is 0. The molecule has 2 aromatic rings. The van der Waals surface area contributed by atoms with E-state index in [2.05, 4.69) is 42.0 Å². The van der Waals surface area contributed by atoms with Crippen LogP contribution in [0.1, 0.15) is 26.3 Å². The summed E-state index contributed by atoms with van der Waals surface area (Å²) >= 11 is 3.36. The first kappa shape index (κ1) is 16.6. The fourth-order valence-electron chi connectivity index (χ4n) is 2.11. The van der Waals surface area contributed by atoms with Crippen molar-refractivity contribution in [1.29, 1.82) is 0 Å². The van der Waals surface area contributed by atoms with Gasteiger partial charge in [0.1, 0.15) is 5.75 Å². The van der Waals surface area contributed by atoms with Gasteiger partial charge < -0.3 is 10.1 Å². The van der Waals surface area contributed by atoms with E-state index in [1.165, 1.54) is 0 Å². The van der Waals surface area contributed by atoms with E-state index in [0.717, 1.165) is 15.7 Å². The molecule has 0 saturated carbocycles. The number of hydrogen-bond donors (Lipinski definition) is 1. The third-order valence-electron chi connectivity index (χ3n) is 3.19. The van der Waals surface area contributed by atoms with Gasteiger partial charge in [-0.2, -0.15) is 0 Å². The van der Waals surface area contributed by atoms with Gasteiger partial charge in [0.05, 0.1) is 0 Å². The molecule has 0 aliphatic carbocycles. The van der Waals surface area contributed by atoms with Gasteiger partial charge >= 0.3 is 0 Å². The molecule has 0 unspecified atom stereocenters. The molecule has 3 nitrogen and oxygen atoms in total. The average molecular weight is 362 g/mol. The normalized spacial score (nSPS) is 11.1. The number of amides is 1. The van der Waals surface area contributed by atoms with E-state index in [-0.39, 0.29) is 17.9 Å². The van der Waals surface area contributed by atoms with Crippen molar-refractivity contribution in [3.8, 4) is 5.75 Å².